The van der Waals surface area contributed by atoms with E-state index >= 15 is 0 Å². The Morgan fingerprint density at radius 1 is 1.03 bits per heavy atom. The number of nitrogens with one attached hydrogen (secondary N) is 3. The molecule has 8 heteroatoms. The number of benzene rings is 2. The molecule has 0 radical (unpaired) electrons. The molecule has 2 aromatic carbocycles. The number of nitrogens with zero attached hydrogens (tertiary/aromatic N) is 1. The number of rotatable bonds is 5. The molecule has 0 spiro atoms. The summed E-state index contributed by atoms with van der Waals surface area (Å²) in [4.78, 5) is 26.6. The first-order valence-electron chi connectivity index (χ1n) is 11.8. The van der Waals surface area contributed by atoms with Gasteiger partial charge in [-0.15, -0.1) is 0 Å². The Bertz CT molecular complexity index is 1830. The number of aromatic nitrogens is 4. The molecule has 0 atom stereocenters. The van der Waals surface area contributed by atoms with Crippen LogP contribution >= 0.6 is 11.6 Å². The lowest BCUT2D eigenvalue weighted by Gasteiger charge is -2.13. The van der Waals surface area contributed by atoms with Gasteiger partial charge < -0.3 is 20.1 Å². The molecule has 6 rings (SSSR count). The van der Waals surface area contributed by atoms with Crippen molar-refractivity contribution in [2.24, 2.45) is 0 Å². The number of carbonyl (C=O) groups is 1. The SMILES string of the molecule is CC(C)c1c(-c2cc(F)cc3[nH]ccc23)[nH]c(C(=O)O)c1-c1ccnc2[nH]c(-c3cccc(Cl)c3)cc12. The Kier molecular flexibility index (Phi) is 5.38. The molecule has 37 heavy (non-hydrogen) atoms. The van der Waals surface area contributed by atoms with Crippen molar-refractivity contribution in [1.82, 2.24) is 19.9 Å². The smallest absolute Gasteiger partial charge is 0.352 e. The Balaban J connectivity index is 1.66. The van der Waals surface area contributed by atoms with Crippen LogP contribution in [0.4, 0.5) is 4.39 Å². The van der Waals surface area contributed by atoms with E-state index in [9.17, 15) is 14.3 Å². The van der Waals surface area contributed by atoms with E-state index in [1.165, 1.54) is 12.1 Å². The summed E-state index contributed by atoms with van der Waals surface area (Å²) in [5, 5.41) is 12.4. The van der Waals surface area contributed by atoms with Crippen molar-refractivity contribution < 1.29 is 14.3 Å². The van der Waals surface area contributed by atoms with Gasteiger partial charge in [0, 0.05) is 50.5 Å². The third-order valence-corrected chi connectivity index (χ3v) is 6.90. The van der Waals surface area contributed by atoms with E-state index in [0.717, 1.165) is 33.2 Å². The maximum atomic E-state index is 14.6. The molecule has 0 bridgehead atoms. The number of carboxylic acids is 1. The molecule has 0 aliphatic carbocycles. The zero-order valence-electron chi connectivity index (χ0n) is 20.0. The molecule has 6 nitrogen and oxygen atoms in total. The molecule has 184 valence electrons. The summed E-state index contributed by atoms with van der Waals surface area (Å²) >= 11 is 6.21. The van der Waals surface area contributed by atoms with Gasteiger partial charge in [0.25, 0.3) is 0 Å². The molecule has 0 unspecified atom stereocenters. The van der Waals surface area contributed by atoms with Crippen molar-refractivity contribution in [3.63, 3.8) is 0 Å². The molecule has 0 saturated carbocycles. The van der Waals surface area contributed by atoms with Gasteiger partial charge >= 0.3 is 5.97 Å². The fourth-order valence-electron chi connectivity index (χ4n) is 5.14. The van der Waals surface area contributed by atoms with Gasteiger partial charge in [0.2, 0.25) is 0 Å². The molecule has 0 saturated heterocycles. The zero-order valence-corrected chi connectivity index (χ0v) is 20.7. The van der Waals surface area contributed by atoms with Crippen molar-refractivity contribution in [2.45, 2.75) is 19.8 Å². The zero-order chi connectivity index (χ0) is 25.8. The number of pyridine rings is 1. The lowest BCUT2D eigenvalue weighted by Crippen LogP contribution is -2.00. The lowest BCUT2D eigenvalue weighted by molar-refractivity contribution is 0.0692. The fraction of sp³-hybridized carbons (Fsp3) is 0.103. The number of carboxylic acid groups (broad SMARTS) is 1. The van der Waals surface area contributed by atoms with Crippen molar-refractivity contribution in [3.8, 4) is 33.6 Å². The maximum Gasteiger partial charge on any atom is 0.352 e. The highest BCUT2D eigenvalue weighted by molar-refractivity contribution is 6.30. The minimum Gasteiger partial charge on any atom is -0.477 e. The first kappa shape index (κ1) is 23.1. The van der Waals surface area contributed by atoms with Gasteiger partial charge in [-0.1, -0.05) is 37.6 Å². The number of aromatic amines is 3. The molecular weight excluding hydrogens is 491 g/mol. The van der Waals surface area contributed by atoms with E-state index in [4.69, 9.17) is 11.6 Å². The molecule has 4 aromatic heterocycles. The van der Waals surface area contributed by atoms with E-state index in [2.05, 4.69) is 19.9 Å². The predicted molar refractivity (Wildman–Crippen MR) is 145 cm³/mol. The van der Waals surface area contributed by atoms with Crippen molar-refractivity contribution >= 4 is 39.5 Å². The van der Waals surface area contributed by atoms with E-state index in [-0.39, 0.29) is 11.6 Å². The third kappa shape index (κ3) is 3.79. The Morgan fingerprint density at radius 2 is 1.86 bits per heavy atom. The summed E-state index contributed by atoms with van der Waals surface area (Å²) in [6, 6.07) is 16.0. The third-order valence-electron chi connectivity index (χ3n) is 6.67. The first-order valence-corrected chi connectivity index (χ1v) is 12.2. The van der Waals surface area contributed by atoms with Crippen LogP contribution in [0.1, 0.15) is 35.8 Å². The minimum atomic E-state index is -1.10. The largest absolute Gasteiger partial charge is 0.477 e. The average molecular weight is 513 g/mol. The molecule has 6 aromatic rings. The molecule has 0 fully saturated rings. The quantitative estimate of drug-likeness (QED) is 0.188. The van der Waals surface area contributed by atoms with Gasteiger partial charge in [-0.2, -0.15) is 0 Å². The molecule has 0 aliphatic rings. The van der Waals surface area contributed by atoms with Crippen molar-refractivity contribution in [1.29, 1.82) is 0 Å². The molecule has 0 aliphatic heterocycles. The maximum absolute atomic E-state index is 14.6. The summed E-state index contributed by atoms with van der Waals surface area (Å²) in [7, 11) is 0. The number of halogens is 2. The first-order chi connectivity index (χ1) is 17.8. The Morgan fingerprint density at radius 3 is 2.62 bits per heavy atom. The summed E-state index contributed by atoms with van der Waals surface area (Å²) in [5.41, 5.74) is 6.29. The number of aromatic carboxylic acids is 1. The average Bonchev–Trinajstić information content (AvgIpc) is 3.59. The van der Waals surface area contributed by atoms with Crippen LogP contribution in [-0.2, 0) is 0 Å². The topological polar surface area (TPSA) is 97.6 Å². The number of H-pyrrole nitrogens is 3. The van der Waals surface area contributed by atoms with Crippen LogP contribution in [0.5, 0.6) is 0 Å². The second-order valence-electron chi connectivity index (χ2n) is 9.33. The molecular formula is C29H22ClFN4O2. The fourth-order valence-corrected chi connectivity index (χ4v) is 5.33. The molecule has 4 N–H and O–H groups in total. The number of hydrogen-bond acceptors (Lipinski definition) is 2. The van der Waals surface area contributed by atoms with Gasteiger partial charge in [-0.3, -0.25) is 0 Å². The second kappa shape index (κ2) is 8.64. The van der Waals surface area contributed by atoms with Gasteiger partial charge in [-0.05, 0) is 65.1 Å². The normalized spacial score (nSPS) is 11.7. The second-order valence-corrected chi connectivity index (χ2v) is 9.77. The van der Waals surface area contributed by atoms with Gasteiger partial charge in [-0.25, -0.2) is 14.2 Å². The summed E-state index contributed by atoms with van der Waals surface area (Å²) in [6.45, 7) is 4.00. The van der Waals surface area contributed by atoms with Crippen molar-refractivity contribution in [3.05, 3.63) is 89.1 Å². The number of hydrogen-bond donors (Lipinski definition) is 4. The van der Waals surface area contributed by atoms with Gasteiger partial charge in [0.05, 0.1) is 5.69 Å². The molecule has 4 heterocycles. The van der Waals surface area contributed by atoms with E-state index in [0.29, 0.717) is 33.0 Å². The Hall–Kier alpha value is -4.36. The monoisotopic (exact) mass is 512 g/mol. The summed E-state index contributed by atoms with van der Waals surface area (Å²) in [5.74, 6) is -1.57. The van der Waals surface area contributed by atoms with Crippen molar-refractivity contribution in [2.75, 3.05) is 0 Å². The lowest BCUT2D eigenvalue weighted by atomic mass is 9.89. The highest BCUT2D eigenvalue weighted by Gasteiger charge is 2.28. The Labute approximate surface area is 216 Å². The van der Waals surface area contributed by atoms with Gasteiger partial charge in [0.15, 0.2) is 0 Å². The summed E-state index contributed by atoms with van der Waals surface area (Å²) < 4.78 is 14.6. The van der Waals surface area contributed by atoms with Crippen LogP contribution in [0.15, 0.2) is 67.0 Å². The standard InChI is InChI=1S/C29H22ClFN4O2/c1-14(2)24-25(19-7-9-33-28-21(19)13-22(34-28)15-4-3-5-16(30)10-15)27(29(36)37)35-26(24)20-11-17(31)12-23-18(20)6-8-32-23/h3-14,32,35H,1-2H3,(H,33,34)(H,36,37). The van der Waals surface area contributed by atoms with Crippen LogP contribution in [0.2, 0.25) is 5.02 Å². The van der Waals surface area contributed by atoms with Crippen LogP contribution in [0, 0.1) is 5.82 Å². The number of fused-ring (bicyclic) bond motifs is 2. The van der Waals surface area contributed by atoms with E-state index < -0.39 is 11.8 Å². The predicted octanol–water partition coefficient (Wildman–Crippen LogP) is 7.99. The van der Waals surface area contributed by atoms with Crippen LogP contribution in [-0.4, -0.2) is 31.0 Å². The highest BCUT2D eigenvalue weighted by Crippen LogP contribution is 2.44. The highest BCUT2D eigenvalue weighted by atomic mass is 35.5. The minimum absolute atomic E-state index is 0.0460. The van der Waals surface area contributed by atoms with E-state index in [1.807, 2.05) is 50.2 Å². The van der Waals surface area contributed by atoms with Crippen LogP contribution in [0.3, 0.4) is 0 Å². The van der Waals surface area contributed by atoms with Gasteiger partial charge in [0.1, 0.15) is 17.2 Å². The summed E-state index contributed by atoms with van der Waals surface area (Å²) in [6.07, 6.45) is 3.40. The molecule has 0 amide bonds. The van der Waals surface area contributed by atoms with Crippen LogP contribution < -0.4 is 0 Å². The van der Waals surface area contributed by atoms with Crippen LogP contribution in [0.25, 0.3) is 55.6 Å². The van der Waals surface area contributed by atoms with E-state index in [1.54, 1.807) is 18.5 Å².